The number of allylic oxidation sites excluding steroid dienone is 2. The van der Waals surface area contributed by atoms with Gasteiger partial charge in [-0.2, -0.15) is 0 Å². The van der Waals surface area contributed by atoms with Crippen LogP contribution < -0.4 is 0 Å². The first-order chi connectivity index (χ1) is 15.6. The van der Waals surface area contributed by atoms with Gasteiger partial charge in [-0.05, 0) is 104 Å². The summed E-state index contributed by atoms with van der Waals surface area (Å²) in [4.78, 5) is 12.8. The molecule has 0 spiro atoms. The Morgan fingerprint density at radius 3 is 2.21 bits per heavy atom. The van der Waals surface area contributed by atoms with E-state index in [2.05, 4.69) is 40.7 Å². The highest BCUT2D eigenvalue weighted by atomic mass is 16.4. The number of hydrogen-bond donors (Lipinski definition) is 4. The number of carboxylic acids is 1. The Morgan fingerprint density at radius 2 is 1.56 bits per heavy atom. The first-order valence-corrected chi connectivity index (χ1v) is 13.6. The van der Waals surface area contributed by atoms with E-state index in [1.54, 1.807) is 0 Å². The van der Waals surface area contributed by atoms with E-state index in [4.69, 9.17) is 0 Å². The number of hydrogen-bond acceptors (Lipinski definition) is 4. The molecule has 10 atom stereocenters. The van der Waals surface area contributed by atoms with Crippen molar-refractivity contribution >= 4 is 5.97 Å². The van der Waals surface area contributed by atoms with E-state index in [1.165, 1.54) is 5.57 Å². The maximum Gasteiger partial charge on any atom is 0.312 e. The lowest BCUT2D eigenvalue weighted by Gasteiger charge is -2.71. The van der Waals surface area contributed by atoms with Crippen LogP contribution >= 0.6 is 0 Å². The molecule has 0 aromatic rings. The van der Waals surface area contributed by atoms with Gasteiger partial charge in [-0.3, -0.25) is 4.79 Å². The van der Waals surface area contributed by atoms with Crippen molar-refractivity contribution in [2.75, 3.05) is 0 Å². The van der Waals surface area contributed by atoms with Crippen molar-refractivity contribution in [1.82, 2.24) is 0 Å². The zero-order valence-corrected chi connectivity index (χ0v) is 22.0. The molecule has 4 N–H and O–H groups in total. The molecule has 0 saturated heterocycles. The molecule has 0 heterocycles. The molecule has 5 rings (SSSR count). The van der Waals surface area contributed by atoms with Gasteiger partial charge in [0.05, 0.1) is 17.8 Å². The summed E-state index contributed by atoms with van der Waals surface area (Å²) in [7, 11) is 0. The molecule has 4 saturated carbocycles. The molecule has 0 aliphatic heterocycles. The maximum atomic E-state index is 12.8. The van der Waals surface area contributed by atoms with Crippen molar-refractivity contribution in [1.29, 1.82) is 0 Å². The van der Waals surface area contributed by atoms with E-state index in [9.17, 15) is 25.2 Å². The summed E-state index contributed by atoms with van der Waals surface area (Å²) >= 11 is 0. The lowest BCUT2D eigenvalue weighted by molar-refractivity contribution is -0.240. The van der Waals surface area contributed by atoms with Crippen LogP contribution in [0.2, 0.25) is 0 Å². The Balaban J connectivity index is 1.63. The van der Waals surface area contributed by atoms with E-state index in [1.807, 2.05) is 6.92 Å². The lowest BCUT2D eigenvalue weighted by Crippen LogP contribution is -2.68. The van der Waals surface area contributed by atoms with Gasteiger partial charge in [-0.15, -0.1) is 0 Å². The molecule has 4 fully saturated rings. The summed E-state index contributed by atoms with van der Waals surface area (Å²) < 4.78 is 0. The van der Waals surface area contributed by atoms with Gasteiger partial charge in [-0.25, -0.2) is 0 Å². The molecule has 0 aromatic carbocycles. The molecule has 0 aromatic heterocycles. The average Bonchev–Trinajstić information content (AvgIpc) is 2.71. The quantitative estimate of drug-likeness (QED) is 0.404. The smallest absolute Gasteiger partial charge is 0.312 e. The summed E-state index contributed by atoms with van der Waals surface area (Å²) in [6.07, 6.45) is 7.68. The van der Waals surface area contributed by atoms with E-state index >= 15 is 0 Å². The summed E-state index contributed by atoms with van der Waals surface area (Å²) in [5.74, 6) is -0.598. The standard InChI is InChI=1S/C29H46O5/c1-24(2)13-14-29(23(32)33)18(15-24)17-7-8-19-25(3)11-10-21(30)28(6,34)20(25)9-12-26(19,4)27(17,5)16-22(29)31/h7,18-22,30-31,34H,8-16H2,1-6H3,(H,32,33)/t18?,19?,20-,21+,22+,25?,26+,27-,28-,29?/m1/s1. The number of fused-ring (bicyclic) bond motifs is 7. The lowest BCUT2D eigenvalue weighted by atomic mass is 9.34. The summed E-state index contributed by atoms with van der Waals surface area (Å²) in [5, 5.41) is 44.1. The molecule has 5 heteroatoms. The van der Waals surface area contributed by atoms with Gasteiger partial charge in [0.2, 0.25) is 0 Å². The van der Waals surface area contributed by atoms with E-state index in [-0.39, 0.29) is 33.5 Å². The van der Waals surface area contributed by atoms with Gasteiger partial charge in [0.15, 0.2) is 0 Å². The normalized spacial score (nSPS) is 56.3. The molecule has 0 radical (unpaired) electrons. The fraction of sp³-hybridized carbons (Fsp3) is 0.897. The van der Waals surface area contributed by atoms with Crippen LogP contribution in [0.5, 0.6) is 0 Å². The maximum absolute atomic E-state index is 12.8. The number of carbonyl (C=O) groups is 1. The summed E-state index contributed by atoms with van der Waals surface area (Å²) in [5.41, 5.74) is -1.28. The minimum Gasteiger partial charge on any atom is -0.481 e. The van der Waals surface area contributed by atoms with E-state index in [0.29, 0.717) is 25.2 Å². The van der Waals surface area contributed by atoms with Crippen LogP contribution in [0.3, 0.4) is 0 Å². The van der Waals surface area contributed by atoms with Gasteiger partial charge in [-0.1, -0.05) is 46.3 Å². The number of carboxylic acid groups (broad SMARTS) is 1. The average molecular weight is 475 g/mol. The number of aliphatic hydroxyl groups is 3. The predicted molar refractivity (Wildman–Crippen MR) is 131 cm³/mol. The van der Waals surface area contributed by atoms with Crippen LogP contribution in [0.4, 0.5) is 0 Å². The van der Waals surface area contributed by atoms with Gasteiger partial charge >= 0.3 is 5.97 Å². The van der Waals surface area contributed by atoms with Crippen molar-refractivity contribution in [2.24, 2.45) is 44.8 Å². The number of aliphatic carboxylic acids is 1. The van der Waals surface area contributed by atoms with Gasteiger partial charge in [0.1, 0.15) is 5.41 Å². The second-order valence-electron chi connectivity index (χ2n) is 14.6. The first kappa shape index (κ1) is 24.8. The van der Waals surface area contributed by atoms with Crippen LogP contribution in [0.1, 0.15) is 99.3 Å². The first-order valence-electron chi connectivity index (χ1n) is 13.6. The van der Waals surface area contributed by atoms with Crippen LogP contribution in [-0.4, -0.2) is 44.2 Å². The third kappa shape index (κ3) is 2.81. The Kier molecular flexibility index (Phi) is 5.17. The largest absolute Gasteiger partial charge is 0.481 e. The fourth-order valence-electron chi connectivity index (χ4n) is 10.4. The Labute approximate surface area is 205 Å². The molecule has 0 amide bonds. The second-order valence-corrected chi connectivity index (χ2v) is 14.6. The highest BCUT2D eigenvalue weighted by Crippen LogP contribution is 2.75. The molecular weight excluding hydrogens is 428 g/mol. The minimum atomic E-state index is -1.09. The molecular formula is C29H46O5. The zero-order chi connectivity index (χ0) is 25.1. The fourth-order valence-corrected chi connectivity index (χ4v) is 10.4. The van der Waals surface area contributed by atoms with Crippen molar-refractivity contribution in [3.05, 3.63) is 11.6 Å². The predicted octanol–water partition coefficient (Wildman–Crippen LogP) is 4.93. The third-order valence-corrected chi connectivity index (χ3v) is 12.7. The van der Waals surface area contributed by atoms with Gasteiger partial charge in [0.25, 0.3) is 0 Å². The molecule has 192 valence electrons. The summed E-state index contributed by atoms with van der Waals surface area (Å²) in [6, 6.07) is 0. The Morgan fingerprint density at radius 1 is 0.882 bits per heavy atom. The van der Waals surface area contributed by atoms with Gasteiger partial charge in [0, 0.05) is 0 Å². The Bertz CT molecular complexity index is 921. The SMILES string of the molecule is CC1(C)CCC2(C(=O)O)C(C1)C1=CCC3C4(C)CC[C@H](O)[C@](C)(O)[C@@H]4CC[C@]3(C)[C@]1(C)C[C@@H]2O. The highest BCUT2D eigenvalue weighted by Gasteiger charge is 2.71. The monoisotopic (exact) mass is 474 g/mol. The van der Waals surface area contributed by atoms with Crippen LogP contribution in [0.15, 0.2) is 11.6 Å². The molecule has 4 unspecified atom stereocenters. The summed E-state index contributed by atoms with van der Waals surface area (Å²) in [6.45, 7) is 13.3. The van der Waals surface area contributed by atoms with E-state index in [0.717, 1.165) is 38.5 Å². The second kappa shape index (κ2) is 7.10. The van der Waals surface area contributed by atoms with E-state index < -0.39 is 29.2 Å². The molecule has 5 aliphatic carbocycles. The van der Waals surface area contributed by atoms with Crippen molar-refractivity contribution in [3.8, 4) is 0 Å². The molecule has 0 bridgehead atoms. The molecule has 5 aliphatic rings. The third-order valence-electron chi connectivity index (χ3n) is 12.7. The number of rotatable bonds is 1. The van der Waals surface area contributed by atoms with Crippen LogP contribution in [0.25, 0.3) is 0 Å². The Hall–Kier alpha value is -0.910. The number of aliphatic hydroxyl groups excluding tert-OH is 2. The molecule has 34 heavy (non-hydrogen) atoms. The topological polar surface area (TPSA) is 98.0 Å². The highest BCUT2D eigenvalue weighted by molar-refractivity contribution is 5.77. The zero-order valence-electron chi connectivity index (χ0n) is 22.0. The van der Waals surface area contributed by atoms with Crippen LogP contribution in [-0.2, 0) is 4.79 Å². The van der Waals surface area contributed by atoms with Crippen molar-refractivity contribution in [2.45, 2.75) is 117 Å². The van der Waals surface area contributed by atoms with Crippen molar-refractivity contribution < 1.29 is 25.2 Å². The van der Waals surface area contributed by atoms with Crippen molar-refractivity contribution in [3.63, 3.8) is 0 Å². The molecule has 5 nitrogen and oxygen atoms in total. The van der Waals surface area contributed by atoms with Gasteiger partial charge < -0.3 is 20.4 Å². The minimum absolute atomic E-state index is 0.0422. The van der Waals surface area contributed by atoms with Crippen LogP contribution in [0, 0.1) is 44.8 Å².